The van der Waals surface area contributed by atoms with Gasteiger partial charge < -0.3 is 5.73 Å². The second kappa shape index (κ2) is 5.28. The fourth-order valence-electron chi connectivity index (χ4n) is 2.27. The van der Waals surface area contributed by atoms with Crippen molar-refractivity contribution >= 4 is 16.8 Å². The molecule has 0 saturated heterocycles. The van der Waals surface area contributed by atoms with Crippen LogP contribution >= 0.6 is 0 Å². The number of hydrogen-bond donors (Lipinski definition) is 1. The van der Waals surface area contributed by atoms with Crippen LogP contribution in [0.1, 0.15) is 21.5 Å². The lowest BCUT2D eigenvalue weighted by molar-refractivity contribution is 0.0999. The van der Waals surface area contributed by atoms with Crippen LogP contribution < -0.4 is 5.73 Å². The molecule has 0 aliphatic rings. The highest BCUT2D eigenvalue weighted by atomic mass is 19.1. The van der Waals surface area contributed by atoms with E-state index in [9.17, 15) is 9.18 Å². The molecule has 104 valence electrons. The van der Waals surface area contributed by atoms with Gasteiger partial charge in [0.2, 0.25) is 5.91 Å². The van der Waals surface area contributed by atoms with Gasteiger partial charge in [0.25, 0.3) is 0 Å². The third-order valence-electron chi connectivity index (χ3n) is 3.27. The Labute approximate surface area is 120 Å². The molecule has 0 bridgehead atoms. The van der Waals surface area contributed by atoms with Crippen molar-refractivity contribution in [1.82, 2.24) is 9.97 Å². The average molecular weight is 281 g/mol. The maximum absolute atomic E-state index is 13.1. The minimum absolute atomic E-state index is 0.314. The third kappa shape index (κ3) is 2.72. The molecule has 0 aliphatic carbocycles. The van der Waals surface area contributed by atoms with Crippen molar-refractivity contribution in [3.8, 4) is 0 Å². The van der Waals surface area contributed by atoms with E-state index < -0.39 is 5.91 Å². The molecule has 1 amide bonds. The summed E-state index contributed by atoms with van der Waals surface area (Å²) in [6.45, 7) is 0. The summed E-state index contributed by atoms with van der Waals surface area (Å²) in [6.07, 6.45) is 5.31. The van der Waals surface area contributed by atoms with E-state index in [0.717, 1.165) is 16.5 Å². The van der Waals surface area contributed by atoms with Crippen molar-refractivity contribution in [2.24, 2.45) is 5.73 Å². The molecule has 0 aliphatic heterocycles. The molecule has 0 spiro atoms. The Bertz CT molecular complexity index is 833. The van der Waals surface area contributed by atoms with Crippen molar-refractivity contribution in [2.45, 2.75) is 6.42 Å². The summed E-state index contributed by atoms with van der Waals surface area (Å²) in [6, 6.07) is 7.98. The van der Waals surface area contributed by atoms with E-state index in [0.29, 0.717) is 17.5 Å². The van der Waals surface area contributed by atoms with E-state index in [1.807, 2.05) is 6.07 Å². The standard InChI is InChI=1S/C16H12FN3O/c17-13-2-1-11-5-10(8-20-15(11)7-13)6-12-9-19-4-3-14(12)16(18)21/h1-5,7-9H,6H2,(H2,18,21). The van der Waals surface area contributed by atoms with E-state index >= 15 is 0 Å². The van der Waals surface area contributed by atoms with Crippen molar-refractivity contribution in [3.63, 3.8) is 0 Å². The first-order valence-electron chi connectivity index (χ1n) is 6.40. The molecule has 2 heterocycles. The van der Waals surface area contributed by atoms with Crippen LogP contribution in [-0.2, 0) is 6.42 Å². The Morgan fingerprint density at radius 3 is 2.86 bits per heavy atom. The number of pyridine rings is 2. The molecule has 0 fully saturated rings. The summed E-state index contributed by atoms with van der Waals surface area (Å²) in [7, 11) is 0. The Balaban J connectivity index is 1.99. The number of amides is 1. The quantitative estimate of drug-likeness (QED) is 0.801. The molecule has 5 heteroatoms. The number of hydrogen-bond acceptors (Lipinski definition) is 3. The van der Waals surface area contributed by atoms with Crippen LogP contribution in [0.15, 0.2) is 48.9 Å². The van der Waals surface area contributed by atoms with E-state index in [1.54, 1.807) is 24.5 Å². The third-order valence-corrected chi connectivity index (χ3v) is 3.27. The summed E-state index contributed by atoms with van der Waals surface area (Å²) in [5.74, 6) is -0.797. The van der Waals surface area contributed by atoms with E-state index in [4.69, 9.17) is 5.73 Å². The predicted molar refractivity (Wildman–Crippen MR) is 77.3 cm³/mol. The van der Waals surface area contributed by atoms with Crippen LogP contribution in [0.5, 0.6) is 0 Å². The molecule has 1 aromatic carbocycles. The Hall–Kier alpha value is -2.82. The number of fused-ring (bicyclic) bond motifs is 1. The molecule has 0 unspecified atom stereocenters. The number of nitrogens with two attached hydrogens (primary N) is 1. The van der Waals surface area contributed by atoms with Crippen molar-refractivity contribution in [3.05, 3.63) is 71.4 Å². The average Bonchev–Trinajstić information content (AvgIpc) is 2.48. The fraction of sp³-hybridized carbons (Fsp3) is 0.0625. The predicted octanol–water partition coefficient (Wildman–Crippen LogP) is 2.46. The smallest absolute Gasteiger partial charge is 0.249 e. The number of primary amides is 1. The van der Waals surface area contributed by atoms with Crippen molar-refractivity contribution < 1.29 is 9.18 Å². The number of carbonyl (C=O) groups is 1. The molecule has 4 nitrogen and oxygen atoms in total. The second-order valence-corrected chi connectivity index (χ2v) is 4.75. The minimum atomic E-state index is -0.483. The Kier molecular flexibility index (Phi) is 3.31. The fourth-order valence-corrected chi connectivity index (χ4v) is 2.27. The molecule has 3 aromatic rings. The number of carbonyl (C=O) groups excluding carboxylic acids is 1. The number of benzene rings is 1. The van der Waals surface area contributed by atoms with E-state index in [1.165, 1.54) is 18.3 Å². The molecule has 3 rings (SSSR count). The van der Waals surface area contributed by atoms with Gasteiger partial charge in [-0.2, -0.15) is 0 Å². The number of aromatic nitrogens is 2. The Morgan fingerprint density at radius 2 is 2.05 bits per heavy atom. The SMILES string of the molecule is NC(=O)c1ccncc1Cc1cnc2cc(F)ccc2c1. The topological polar surface area (TPSA) is 68.9 Å². The van der Waals surface area contributed by atoms with Crippen LogP contribution in [0.2, 0.25) is 0 Å². The lowest BCUT2D eigenvalue weighted by Gasteiger charge is -2.07. The molecule has 0 radical (unpaired) electrons. The van der Waals surface area contributed by atoms with Gasteiger partial charge in [-0.25, -0.2) is 4.39 Å². The lowest BCUT2D eigenvalue weighted by Crippen LogP contribution is -2.14. The zero-order chi connectivity index (χ0) is 14.8. The van der Waals surface area contributed by atoms with Gasteiger partial charge in [0.15, 0.2) is 0 Å². The van der Waals surface area contributed by atoms with Gasteiger partial charge in [0, 0.05) is 42.0 Å². The first kappa shape index (κ1) is 13.2. The van der Waals surface area contributed by atoms with Gasteiger partial charge in [0.05, 0.1) is 5.52 Å². The first-order valence-corrected chi connectivity index (χ1v) is 6.40. The number of nitrogens with zero attached hydrogens (tertiary/aromatic N) is 2. The highest BCUT2D eigenvalue weighted by Crippen LogP contribution is 2.18. The van der Waals surface area contributed by atoms with E-state index in [-0.39, 0.29) is 5.82 Å². The lowest BCUT2D eigenvalue weighted by atomic mass is 10.0. The largest absolute Gasteiger partial charge is 0.366 e. The molecule has 21 heavy (non-hydrogen) atoms. The highest BCUT2D eigenvalue weighted by Gasteiger charge is 2.09. The van der Waals surface area contributed by atoms with Gasteiger partial charge >= 0.3 is 0 Å². The molecular formula is C16H12FN3O. The summed E-state index contributed by atoms with van der Waals surface area (Å²) < 4.78 is 13.1. The van der Waals surface area contributed by atoms with Crippen LogP contribution in [-0.4, -0.2) is 15.9 Å². The summed E-state index contributed by atoms with van der Waals surface area (Å²) in [5.41, 5.74) is 8.05. The summed E-state index contributed by atoms with van der Waals surface area (Å²) >= 11 is 0. The van der Waals surface area contributed by atoms with Gasteiger partial charge in [-0.3, -0.25) is 14.8 Å². The Morgan fingerprint density at radius 1 is 1.19 bits per heavy atom. The zero-order valence-electron chi connectivity index (χ0n) is 11.1. The monoisotopic (exact) mass is 281 g/mol. The van der Waals surface area contributed by atoms with Crippen LogP contribution in [0.25, 0.3) is 10.9 Å². The van der Waals surface area contributed by atoms with Crippen LogP contribution in [0.3, 0.4) is 0 Å². The summed E-state index contributed by atoms with van der Waals surface area (Å²) in [4.78, 5) is 19.7. The minimum Gasteiger partial charge on any atom is -0.366 e. The maximum atomic E-state index is 13.1. The van der Waals surface area contributed by atoms with Gasteiger partial charge in [-0.05, 0) is 35.4 Å². The van der Waals surface area contributed by atoms with E-state index in [2.05, 4.69) is 9.97 Å². The highest BCUT2D eigenvalue weighted by molar-refractivity contribution is 5.94. The van der Waals surface area contributed by atoms with Crippen LogP contribution in [0.4, 0.5) is 4.39 Å². The second-order valence-electron chi connectivity index (χ2n) is 4.75. The molecule has 2 aromatic heterocycles. The number of halogens is 1. The van der Waals surface area contributed by atoms with Crippen LogP contribution in [0, 0.1) is 5.82 Å². The zero-order valence-corrected chi connectivity index (χ0v) is 11.1. The van der Waals surface area contributed by atoms with Crippen molar-refractivity contribution in [1.29, 1.82) is 0 Å². The molecular weight excluding hydrogens is 269 g/mol. The number of rotatable bonds is 3. The van der Waals surface area contributed by atoms with Crippen molar-refractivity contribution in [2.75, 3.05) is 0 Å². The van der Waals surface area contributed by atoms with Gasteiger partial charge in [-0.15, -0.1) is 0 Å². The molecule has 0 atom stereocenters. The molecule has 0 saturated carbocycles. The first-order chi connectivity index (χ1) is 10.1. The van der Waals surface area contributed by atoms with Gasteiger partial charge in [0.1, 0.15) is 5.82 Å². The molecule has 2 N–H and O–H groups in total. The summed E-state index contributed by atoms with van der Waals surface area (Å²) in [5, 5.41) is 0.846. The van der Waals surface area contributed by atoms with Gasteiger partial charge in [-0.1, -0.05) is 0 Å². The maximum Gasteiger partial charge on any atom is 0.249 e. The normalized spacial score (nSPS) is 10.7.